The molecule has 1 atom stereocenters. The predicted molar refractivity (Wildman–Crippen MR) is 52.3 cm³/mol. The highest BCUT2D eigenvalue weighted by atomic mass is 15.0. The minimum Gasteiger partial charge on any atom is -0.367 e. The van der Waals surface area contributed by atoms with E-state index in [1.54, 1.807) is 18.3 Å². The largest absolute Gasteiger partial charge is 0.367 e. The summed E-state index contributed by atoms with van der Waals surface area (Å²) < 4.78 is 0. The Labute approximate surface area is 78.4 Å². The van der Waals surface area contributed by atoms with Crippen molar-refractivity contribution in [2.24, 2.45) is 0 Å². The van der Waals surface area contributed by atoms with Gasteiger partial charge in [0.2, 0.25) is 0 Å². The zero-order chi connectivity index (χ0) is 9.68. The van der Waals surface area contributed by atoms with E-state index in [1.165, 1.54) is 0 Å². The van der Waals surface area contributed by atoms with Crippen molar-refractivity contribution in [3.8, 4) is 6.07 Å². The van der Waals surface area contributed by atoms with E-state index in [0.717, 1.165) is 6.42 Å². The minimum atomic E-state index is 0.349. The van der Waals surface area contributed by atoms with E-state index in [4.69, 9.17) is 5.26 Å². The molecule has 13 heavy (non-hydrogen) atoms. The van der Waals surface area contributed by atoms with E-state index in [0.29, 0.717) is 17.4 Å². The van der Waals surface area contributed by atoms with E-state index in [-0.39, 0.29) is 0 Å². The maximum absolute atomic E-state index is 8.77. The second-order valence-electron chi connectivity index (χ2n) is 2.97. The van der Waals surface area contributed by atoms with Gasteiger partial charge in [0.15, 0.2) is 0 Å². The summed E-state index contributed by atoms with van der Waals surface area (Å²) in [6.07, 6.45) is 2.70. The number of nitriles is 1. The number of nitrogens with one attached hydrogen (secondary N) is 1. The lowest BCUT2D eigenvalue weighted by atomic mass is 10.2. The molecule has 0 fully saturated rings. The summed E-state index contributed by atoms with van der Waals surface area (Å²) >= 11 is 0. The van der Waals surface area contributed by atoms with Crippen LogP contribution in [-0.4, -0.2) is 11.0 Å². The molecule has 0 aliphatic rings. The smallest absolute Gasteiger partial charge is 0.144 e. The van der Waals surface area contributed by atoms with Crippen molar-refractivity contribution >= 4 is 5.82 Å². The highest BCUT2D eigenvalue weighted by molar-refractivity contribution is 5.51. The Morgan fingerprint density at radius 2 is 2.46 bits per heavy atom. The molecule has 1 aromatic rings. The van der Waals surface area contributed by atoms with Crippen LogP contribution in [0.3, 0.4) is 0 Å². The topological polar surface area (TPSA) is 48.7 Å². The number of hydrogen-bond donors (Lipinski definition) is 1. The van der Waals surface area contributed by atoms with Crippen LogP contribution in [0, 0.1) is 11.3 Å². The molecule has 1 rings (SSSR count). The zero-order valence-corrected chi connectivity index (χ0v) is 7.91. The van der Waals surface area contributed by atoms with Crippen molar-refractivity contribution in [3.05, 3.63) is 23.9 Å². The van der Waals surface area contributed by atoms with Gasteiger partial charge in [0.25, 0.3) is 0 Å². The first-order valence-electron chi connectivity index (χ1n) is 4.39. The van der Waals surface area contributed by atoms with Gasteiger partial charge < -0.3 is 5.32 Å². The Hall–Kier alpha value is -1.56. The number of anilines is 1. The summed E-state index contributed by atoms with van der Waals surface area (Å²) in [5.74, 6) is 0.680. The molecule has 3 heteroatoms. The Balaban J connectivity index is 2.82. The average molecular weight is 175 g/mol. The Bertz CT molecular complexity index is 314. The maximum Gasteiger partial charge on any atom is 0.144 e. The standard InChI is InChI=1S/C10H13N3/c1-3-8(2)13-10-9(7-11)5-4-6-12-10/h4-6,8H,3H2,1-2H3,(H,12,13)/t8-/m1/s1. The molecule has 0 saturated carbocycles. The van der Waals surface area contributed by atoms with Gasteiger partial charge in [-0.1, -0.05) is 6.92 Å². The third kappa shape index (κ3) is 2.45. The molecule has 0 bridgehead atoms. The Kier molecular flexibility index (Phi) is 3.27. The van der Waals surface area contributed by atoms with E-state index in [2.05, 4.69) is 30.2 Å². The van der Waals surface area contributed by atoms with Crippen LogP contribution in [0.4, 0.5) is 5.82 Å². The van der Waals surface area contributed by atoms with Gasteiger partial charge in [-0.25, -0.2) is 4.98 Å². The van der Waals surface area contributed by atoms with Gasteiger partial charge in [-0.3, -0.25) is 0 Å². The molecule has 3 nitrogen and oxygen atoms in total. The second-order valence-corrected chi connectivity index (χ2v) is 2.97. The quantitative estimate of drug-likeness (QED) is 0.765. The van der Waals surface area contributed by atoms with E-state index >= 15 is 0 Å². The summed E-state index contributed by atoms with van der Waals surface area (Å²) in [6.45, 7) is 4.16. The molecule has 0 aliphatic carbocycles. The van der Waals surface area contributed by atoms with Crippen LogP contribution in [0.2, 0.25) is 0 Å². The number of hydrogen-bond acceptors (Lipinski definition) is 3. The van der Waals surface area contributed by atoms with Gasteiger partial charge in [-0.15, -0.1) is 0 Å². The third-order valence-corrected chi connectivity index (χ3v) is 1.92. The highest BCUT2D eigenvalue weighted by Crippen LogP contribution is 2.11. The van der Waals surface area contributed by atoms with Crippen molar-refractivity contribution in [1.82, 2.24) is 4.98 Å². The predicted octanol–water partition coefficient (Wildman–Crippen LogP) is 2.16. The third-order valence-electron chi connectivity index (χ3n) is 1.92. The van der Waals surface area contributed by atoms with Crippen molar-refractivity contribution in [1.29, 1.82) is 5.26 Å². The molecule has 0 aromatic carbocycles. The number of aromatic nitrogens is 1. The molecule has 0 radical (unpaired) electrons. The number of nitrogens with zero attached hydrogens (tertiary/aromatic N) is 2. The summed E-state index contributed by atoms with van der Waals surface area (Å²) in [4.78, 5) is 4.10. The van der Waals surface area contributed by atoms with E-state index < -0.39 is 0 Å². The molecule has 0 saturated heterocycles. The zero-order valence-electron chi connectivity index (χ0n) is 7.91. The van der Waals surface area contributed by atoms with Gasteiger partial charge in [-0.05, 0) is 25.5 Å². The summed E-state index contributed by atoms with van der Waals surface area (Å²) in [5, 5.41) is 12.0. The summed E-state index contributed by atoms with van der Waals surface area (Å²) in [7, 11) is 0. The van der Waals surface area contributed by atoms with Gasteiger partial charge >= 0.3 is 0 Å². The first-order chi connectivity index (χ1) is 6.27. The first kappa shape index (κ1) is 9.53. The van der Waals surface area contributed by atoms with E-state index in [9.17, 15) is 0 Å². The second kappa shape index (κ2) is 4.46. The molecule has 0 amide bonds. The van der Waals surface area contributed by atoms with Crippen LogP contribution in [0.1, 0.15) is 25.8 Å². The first-order valence-corrected chi connectivity index (χ1v) is 4.39. The van der Waals surface area contributed by atoms with Crippen molar-refractivity contribution in [3.63, 3.8) is 0 Å². The number of rotatable bonds is 3. The molecule has 0 aliphatic heterocycles. The lowest BCUT2D eigenvalue weighted by Gasteiger charge is -2.12. The molecule has 0 unspecified atom stereocenters. The van der Waals surface area contributed by atoms with Crippen LogP contribution in [0.25, 0.3) is 0 Å². The van der Waals surface area contributed by atoms with Crippen LogP contribution >= 0.6 is 0 Å². The molecular weight excluding hydrogens is 162 g/mol. The van der Waals surface area contributed by atoms with Gasteiger partial charge in [-0.2, -0.15) is 5.26 Å². The van der Waals surface area contributed by atoms with Crippen LogP contribution in [0.5, 0.6) is 0 Å². The van der Waals surface area contributed by atoms with E-state index in [1.807, 2.05) is 0 Å². The van der Waals surface area contributed by atoms with Gasteiger partial charge in [0.1, 0.15) is 11.9 Å². The van der Waals surface area contributed by atoms with Crippen LogP contribution in [-0.2, 0) is 0 Å². The molecule has 1 aromatic heterocycles. The van der Waals surface area contributed by atoms with Gasteiger partial charge in [0.05, 0.1) is 5.56 Å². The molecular formula is C10H13N3. The van der Waals surface area contributed by atoms with Crippen LogP contribution in [0.15, 0.2) is 18.3 Å². The fourth-order valence-electron chi connectivity index (χ4n) is 0.946. The molecule has 68 valence electrons. The van der Waals surface area contributed by atoms with Gasteiger partial charge in [0, 0.05) is 12.2 Å². The van der Waals surface area contributed by atoms with Crippen molar-refractivity contribution in [2.75, 3.05) is 5.32 Å². The number of pyridine rings is 1. The lowest BCUT2D eigenvalue weighted by molar-refractivity contribution is 0.758. The Morgan fingerprint density at radius 1 is 1.69 bits per heavy atom. The fraction of sp³-hybridized carbons (Fsp3) is 0.400. The van der Waals surface area contributed by atoms with Crippen molar-refractivity contribution in [2.45, 2.75) is 26.3 Å². The fourth-order valence-corrected chi connectivity index (χ4v) is 0.946. The minimum absolute atomic E-state index is 0.349. The lowest BCUT2D eigenvalue weighted by Crippen LogP contribution is -2.15. The average Bonchev–Trinajstić information content (AvgIpc) is 2.18. The SMILES string of the molecule is CC[C@@H](C)Nc1ncccc1C#N. The van der Waals surface area contributed by atoms with Crippen molar-refractivity contribution < 1.29 is 0 Å². The summed E-state index contributed by atoms with van der Waals surface area (Å²) in [5.41, 5.74) is 0.600. The monoisotopic (exact) mass is 175 g/mol. The Morgan fingerprint density at radius 3 is 3.08 bits per heavy atom. The molecule has 1 heterocycles. The normalized spacial score (nSPS) is 11.8. The molecule has 0 spiro atoms. The highest BCUT2D eigenvalue weighted by Gasteiger charge is 2.04. The molecule has 1 N–H and O–H groups in total. The maximum atomic E-state index is 8.77. The summed E-state index contributed by atoms with van der Waals surface area (Å²) in [6, 6.07) is 5.97. The van der Waals surface area contributed by atoms with Crippen LogP contribution < -0.4 is 5.32 Å².